The molecule has 0 unspecified atom stereocenters. The number of hydrogen-bond acceptors (Lipinski definition) is 3. The zero-order chi connectivity index (χ0) is 22.4. The Morgan fingerprint density at radius 1 is 1.16 bits per heavy atom. The van der Waals surface area contributed by atoms with E-state index in [9.17, 15) is 14.7 Å². The first-order valence-corrected chi connectivity index (χ1v) is 12.1. The Bertz CT molecular complexity index is 747. The third-order valence-corrected chi connectivity index (χ3v) is 7.17. The van der Waals surface area contributed by atoms with Crippen LogP contribution in [0.25, 0.3) is 0 Å². The molecule has 172 valence electrons. The summed E-state index contributed by atoms with van der Waals surface area (Å²) in [4.78, 5) is 27.8. The van der Waals surface area contributed by atoms with Crippen LogP contribution in [-0.4, -0.2) is 46.6 Å². The van der Waals surface area contributed by atoms with Gasteiger partial charge in [-0.2, -0.15) is 0 Å². The molecule has 0 radical (unpaired) electrons. The van der Waals surface area contributed by atoms with Crippen LogP contribution in [0.5, 0.6) is 0 Å². The Labute approximate surface area is 187 Å². The molecule has 0 bridgehead atoms. The molecule has 1 heterocycles. The Morgan fingerprint density at radius 3 is 2.45 bits per heavy atom. The average molecular weight is 429 g/mol. The van der Waals surface area contributed by atoms with E-state index in [1.54, 1.807) is 0 Å². The summed E-state index contributed by atoms with van der Waals surface area (Å²) in [6.45, 7) is 7.16. The summed E-state index contributed by atoms with van der Waals surface area (Å²) in [5.74, 6) is 0.136. The number of amides is 2. The first-order chi connectivity index (χ1) is 14.8. The van der Waals surface area contributed by atoms with E-state index in [4.69, 9.17) is 0 Å². The van der Waals surface area contributed by atoms with Crippen molar-refractivity contribution in [1.82, 2.24) is 10.2 Å². The van der Waals surface area contributed by atoms with Crippen molar-refractivity contribution >= 4 is 11.8 Å². The molecule has 1 saturated heterocycles. The maximum atomic E-state index is 13.2. The number of rotatable bonds is 7. The van der Waals surface area contributed by atoms with E-state index in [0.717, 1.165) is 32.1 Å². The van der Waals surface area contributed by atoms with Gasteiger partial charge in [-0.1, -0.05) is 62.9 Å². The van der Waals surface area contributed by atoms with Crippen molar-refractivity contribution < 1.29 is 14.7 Å². The lowest BCUT2D eigenvalue weighted by Crippen LogP contribution is -2.56. The molecule has 31 heavy (non-hydrogen) atoms. The Balaban J connectivity index is 1.52. The molecule has 2 aliphatic rings. The number of aliphatic hydroxyl groups is 1. The highest BCUT2D eigenvalue weighted by Gasteiger charge is 2.37. The van der Waals surface area contributed by atoms with Crippen LogP contribution in [0.3, 0.4) is 0 Å². The molecule has 5 nitrogen and oxygen atoms in total. The third kappa shape index (κ3) is 6.55. The van der Waals surface area contributed by atoms with Crippen molar-refractivity contribution in [2.24, 2.45) is 11.8 Å². The molecule has 1 aliphatic carbocycles. The molecular formula is C26H40N2O3. The predicted octanol–water partition coefficient (Wildman–Crippen LogP) is 4.00. The van der Waals surface area contributed by atoms with Gasteiger partial charge in [-0.25, -0.2) is 0 Å². The van der Waals surface area contributed by atoms with Crippen molar-refractivity contribution in [2.75, 3.05) is 13.1 Å². The first kappa shape index (κ1) is 23.8. The van der Waals surface area contributed by atoms with E-state index >= 15 is 0 Å². The van der Waals surface area contributed by atoms with Crippen LogP contribution < -0.4 is 5.32 Å². The highest BCUT2D eigenvalue weighted by atomic mass is 16.3. The topological polar surface area (TPSA) is 69.6 Å². The Kier molecular flexibility index (Phi) is 8.15. The smallest absolute Gasteiger partial charge is 0.245 e. The average Bonchev–Trinajstić information content (AvgIpc) is 2.76. The summed E-state index contributed by atoms with van der Waals surface area (Å²) in [6, 6.07) is 7.94. The molecular weight excluding hydrogens is 388 g/mol. The molecule has 1 aliphatic heterocycles. The quantitative estimate of drug-likeness (QED) is 0.690. The maximum Gasteiger partial charge on any atom is 0.245 e. The highest BCUT2D eigenvalue weighted by molar-refractivity contribution is 5.88. The number of carbonyl (C=O) groups is 2. The van der Waals surface area contributed by atoms with E-state index in [0.29, 0.717) is 32.4 Å². The van der Waals surface area contributed by atoms with Crippen LogP contribution >= 0.6 is 0 Å². The summed E-state index contributed by atoms with van der Waals surface area (Å²) in [6.07, 6.45) is 8.01. The molecule has 2 amide bonds. The van der Waals surface area contributed by atoms with Crippen molar-refractivity contribution in [2.45, 2.75) is 90.2 Å². The summed E-state index contributed by atoms with van der Waals surface area (Å²) >= 11 is 0. The Morgan fingerprint density at radius 2 is 1.84 bits per heavy atom. The van der Waals surface area contributed by atoms with Gasteiger partial charge in [-0.15, -0.1) is 0 Å². The van der Waals surface area contributed by atoms with Gasteiger partial charge in [0.05, 0.1) is 5.60 Å². The van der Waals surface area contributed by atoms with Crippen molar-refractivity contribution in [3.8, 4) is 0 Å². The molecule has 0 aromatic heterocycles. The fraction of sp³-hybridized carbons (Fsp3) is 0.692. The van der Waals surface area contributed by atoms with Crippen LogP contribution in [0.2, 0.25) is 0 Å². The standard InChI is InChI=1S/C26H40N2O3/c1-19(2)23(27-24(29)22-10-5-4-6-11-22)25(30)28-16-14-26(31,15-17-28)13-12-21-9-7-8-20(3)18-21/h7-9,18-19,22-23,31H,4-6,10-17H2,1-3H3,(H,27,29)/t23-/m1/s1. The molecule has 1 atom stereocenters. The molecule has 1 aromatic carbocycles. The van der Waals surface area contributed by atoms with Crippen LogP contribution in [-0.2, 0) is 16.0 Å². The number of nitrogens with zero attached hydrogens (tertiary/aromatic N) is 1. The maximum absolute atomic E-state index is 13.2. The van der Waals surface area contributed by atoms with Crippen molar-refractivity contribution in [3.63, 3.8) is 0 Å². The molecule has 2 fully saturated rings. The number of carbonyl (C=O) groups excluding carboxylic acids is 2. The van der Waals surface area contributed by atoms with E-state index in [2.05, 4.69) is 36.5 Å². The summed E-state index contributed by atoms with van der Waals surface area (Å²) in [7, 11) is 0. The van der Waals surface area contributed by atoms with E-state index in [-0.39, 0.29) is 23.7 Å². The van der Waals surface area contributed by atoms with Crippen LogP contribution in [0.1, 0.15) is 76.3 Å². The van der Waals surface area contributed by atoms with Gasteiger partial charge in [0, 0.05) is 19.0 Å². The minimum atomic E-state index is -0.723. The van der Waals surface area contributed by atoms with Gasteiger partial charge in [0.25, 0.3) is 0 Å². The van der Waals surface area contributed by atoms with Gasteiger partial charge in [0.1, 0.15) is 6.04 Å². The fourth-order valence-corrected chi connectivity index (χ4v) is 4.98. The summed E-state index contributed by atoms with van der Waals surface area (Å²) < 4.78 is 0. The van der Waals surface area contributed by atoms with Gasteiger partial charge in [0.2, 0.25) is 11.8 Å². The highest BCUT2D eigenvalue weighted by Crippen LogP contribution is 2.29. The van der Waals surface area contributed by atoms with Gasteiger partial charge in [-0.05, 0) is 56.9 Å². The van der Waals surface area contributed by atoms with E-state index in [1.165, 1.54) is 17.5 Å². The van der Waals surface area contributed by atoms with Gasteiger partial charge in [-0.3, -0.25) is 9.59 Å². The van der Waals surface area contributed by atoms with E-state index < -0.39 is 11.6 Å². The number of piperidine rings is 1. The lowest BCUT2D eigenvalue weighted by molar-refractivity contribution is -0.142. The van der Waals surface area contributed by atoms with Crippen LogP contribution in [0.4, 0.5) is 0 Å². The molecule has 0 spiro atoms. The second kappa shape index (κ2) is 10.6. The molecule has 1 aromatic rings. The van der Waals surface area contributed by atoms with Crippen LogP contribution in [0.15, 0.2) is 24.3 Å². The number of nitrogens with one attached hydrogen (secondary N) is 1. The molecule has 2 N–H and O–H groups in total. The first-order valence-electron chi connectivity index (χ1n) is 12.1. The van der Waals surface area contributed by atoms with Crippen molar-refractivity contribution in [3.05, 3.63) is 35.4 Å². The van der Waals surface area contributed by atoms with Gasteiger partial charge in [0.15, 0.2) is 0 Å². The van der Waals surface area contributed by atoms with Gasteiger partial charge < -0.3 is 15.3 Å². The second-order valence-corrected chi connectivity index (χ2v) is 10.1. The lowest BCUT2D eigenvalue weighted by atomic mass is 9.85. The molecule has 1 saturated carbocycles. The molecule has 5 heteroatoms. The van der Waals surface area contributed by atoms with Gasteiger partial charge >= 0.3 is 0 Å². The normalized spacial score (nSPS) is 20.5. The number of hydrogen-bond donors (Lipinski definition) is 2. The third-order valence-electron chi connectivity index (χ3n) is 7.17. The predicted molar refractivity (Wildman–Crippen MR) is 124 cm³/mol. The second-order valence-electron chi connectivity index (χ2n) is 10.1. The summed E-state index contributed by atoms with van der Waals surface area (Å²) in [5.41, 5.74) is 1.76. The SMILES string of the molecule is Cc1cccc(CCC2(O)CCN(C(=O)[C@H](NC(=O)C3CCCCC3)C(C)C)CC2)c1. The minimum absolute atomic E-state index is 0.0000985. The number of likely N-dealkylation sites (tertiary alicyclic amines) is 1. The number of benzene rings is 1. The molecule has 3 rings (SSSR count). The monoisotopic (exact) mass is 428 g/mol. The fourth-order valence-electron chi connectivity index (χ4n) is 4.98. The zero-order valence-corrected chi connectivity index (χ0v) is 19.5. The Hall–Kier alpha value is -1.88. The largest absolute Gasteiger partial charge is 0.390 e. The minimum Gasteiger partial charge on any atom is -0.390 e. The van der Waals surface area contributed by atoms with Crippen molar-refractivity contribution in [1.29, 1.82) is 0 Å². The van der Waals surface area contributed by atoms with E-state index in [1.807, 2.05) is 18.7 Å². The number of aryl methyl sites for hydroxylation is 2. The lowest BCUT2D eigenvalue weighted by Gasteiger charge is -2.40. The summed E-state index contributed by atoms with van der Waals surface area (Å²) in [5, 5.41) is 14.1. The zero-order valence-electron chi connectivity index (χ0n) is 19.5. The van der Waals surface area contributed by atoms with Crippen LogP contribution in [0, 0.1) is 18.8 Å².